The zero-order chi connectivity index (χ0) is 32.6. The van der Waals surface area contributed by atoms with E-state index in [0.717, 1.165) is 29.9 Å². The van der Waals surface area contributed by atoms with Crippen molar-refractivity contribution in [1.29, 1.82) is 0 Å². The van der Waals surface area contributed by atoms with Crippen LogP contribution < -0.4 is 5.19 Å². The summed E-state index contributed by atoms with van der Waals surface area (Å²) in [5.41, 5.74) is 3.60. The van der Waals surface area contributed by atoms with Gasteiger partial charge in [0.25, 0.3) is 0 Å². The number of carbonyl (C=O) groups excluding carboxylic acids is 1. The van der Waals surface area contributed by atoms with Crippen LogP contribution in [-0.2, 0) is 28.2 Å². The summed E-state index contributed by atoms with van der Waals surface area (Å²) in [7, 11) is -2.77. The molecule has 0 radical (unpaired) electrons. The summed E-state index contributed by atoms with van der Waals surface area (Å²) in [6.07, 6.45) is 4.20. The molecule has 0 saturated carbocycles. The molecule has 2 saturated heterocycles. The number of methoxy groups -OCH3 is 1. The van der Waals surface area contributed by atoms with Crippen LogP contribution in [0.1, 0.15) is 47.0 Å². The lowest BCUT2D eigenvalue weighted by atomic mass is 10.1. The van der Waals surface area contributed by atoms with Crippen molar-refractivity contribution >= 4 is 51.1 Å². The molecular formula is C34H54O6S2Si2. The molecule has 0 N–H and O–H groups in total. The van der Waals surface area contributed by atoms with Gasteiger partial charge in [-0.25, -0.2) is 4.79 Å². The molecular weight excluding hydrogens is 625 g/mol. The van der Waals surface area contributed by atoms with E-state index in [4.69, 9.17) is 23.4 Å². The van der Waals surface area contributed by atoms with Gasteiger partial charge in [0, 0.05) is 6.42 Å². The number of ether oxygens (including phenoxy) is 4. The largest absolute Gasteiger partial charge is 0.544 e. The molecule has 1 aromatic rings. The highest BCUT2D eigenvalue weighted by Crippen LogP contribution is 2.50. The third-order valence-electron chi connectivity index (χ3n) is 8.71. The highest BCUT2D eigenvalue weighted by molar-refractivity contribution is 8.18. The normalized spacial score (nSPS) is 19.8. The third kappa shape index (κ3) is 10.1. The fourth-order valence-electron chi connectivity index (χ4n) is 4.90. The lowest BCUT2D eigenvalue weighted by Crippen LogP contribution is -2.45. The van der Waals surface area contributed by atoms with E-state index in [9.17, 15) is 4.79 Å². The Morgan fingerprint density at radius 3 is 2.27 bits per heavy atom. The Hall–Kier alpha value is -1.28. The van der Waals surface area contributed by atoms with Crippen LogP contribution >= 0.6 is 23.5 Å². The molecule has 2 heterocycles. The maximum atomic E-state index is 13.1. The first-order chi connectivity index (χ1) is 20.6. The Bertz CT molecular complexity index is 1160. The SMILES string of the molecule is C=C(O[Si](C)(C)C(C)(C)C)/C(C)=C/C(OC/C(=C\[Si](C)(C)c1ccccc1)C(=O)OC)C1(CC2OCCCO2)SCCCS1. The van der Waals surface area contributed by atoms with Crippen LogP contribution in [0.25, 0.3) is 0 Å². The Kier molecular flexibility index (Phi) is 13.5. The number of allylic oxidation sites excluding steroid dienone is 1. The van der Waals surface area contributed by atoms with E-state index in [1.54, 1.807) is 0 Å². The summed E-state index contributed by atoms with van der Waals surface area (Å²) in [5, 5.41) is 1.29. The molecule has 1 aromatic carbocycles. The van der Waals surface area contributed by atoms with Gasteiger partial charge in [0.1, 0.15) is 14.2 Å². The molecule has 246 valence electrons. The Morgan fingerprint density at radius 2 is 1.70 bits per heavy atom. The molecule has 0 amide bonds. The van der Waals surface area contributed by atoms with Gasteiger partial charge < -0.3 is 23.4 Å². The van der Waals surface area contributed by atoms with Gasteiger partial charge in [-0.3, -0.25) is 0 Å². The number of esters is 1. The number of thioether (sulfide) groups is 2. The first kappa shape index (κ1) is 37.2. The number of hydrogen-bond acceptors (Lipinski definition) is 8. The smallest absolute Gasteiger partial charge is 0.335 e. The molecule has 0 aromatic heterocycles. The van der Waals surface area contributed by atoms with Crippen LogP contribution in [0, 0.1) is 0 Å². The van der Waals surface area contributed by atoms with Crippen molar-refractivity contribution in [2.45, 2.75) is 94.7 Å². The monoisotopic (exact) mass is 678 g/mol. The van der Waals surface area contributed by atoms with E-state index in [1.165, 1.54) is 12.3 Å². The van der Waals surface area contributed by atoms with Crippen molar-refractivity contribution in [3.05, 3.63) is 65.6 Å². The summed E-state index contributed by atoms with van der Waals surface area (Å²) >= 11 is 3.81. The van der Waals surface area contributed by atoms with Crippen LogP contribution in [-0.4, -0.2) is 77.3 Å². The molecule has 1 unspecified atom stereocenters. The van der Waals surface area contributed by atoms with Gasteiger partial charge in [0.15, 0.2) is 6.29 Å². The molecule has 0 aliphatic carbocycles. The maximum absolute atomic E-state index is 13.1. The lowest BCUT2D eigenvalue weighted by Gasteiger charge is -2.43. The minimum atomic E-state index is -2.12. The summed E-state index contributed by atoms with van der Waals surface area (Å²) < 4.78 is 30.5. The van der Waals surface area contributed by atoms with E-state index >= 15 is 0 Å². The minimum Gasteiger partial charge on any atom is -0.544 e. The van der Waals surface area contributed by atoms with Gasteiger partial charge in [-0.15, -0.1) is 23.5 Å². The van der Waals surface area contributed by atoms with Crippen molar-refractivity contribution in [2.75, 3.05) is 38.4 Å². The summed E-state index contributed by atoms with van der Waals surface area (Å²) in [4.78, 5) is 13.1. The Labute approximate surface area is 276 Å². The van der Waals surface area contributed by atoms with Crippen LogP contribution in [0.5, 0.6) is 0 Å². The second-order valence-corrected chi connectivity index (χ2v) is 25.9. The van der Waals surface area contributed by atoms with E-state index in [1.807, 2.05) is 48.6 Å². The fraction of sp³-hybridized carbons (Fsp3) is 0.618. The highest BCUT2D eigenvalue weighted by Gasteiger charge is 2.45. The molecule has 2 aliphatic rings. The van der Waals surface area contributed by atoms with Crippen LogP contribution in [0.3, 0.4) is 0 Å². The van der Waals surface area contributed by atoms with Crippen molar-refractivity contribution in [2.24, 2.45) is 0 Å². The van der Waals surface area contributed by atoms with Gasteiger partial charge in [-0.1, -0.05) is 81.7 Å². The predicted molar refractivity (Wildman–Crippen MR) is 192 cm³/mol. The van der Waals surface area contributed by atoms with E-state index in [0.29, 0.717) is 31.0 Å². The zero-order valence-corrected chi connectivity index (χ0v) is 32.0. The highest BCUT2D eigenvalue weighted by atomic mass is 32.2. The zero-order valence-electron chi connectivity index (χ0n) is 28.3. The van der Waals surface area contributed by atoms with Crippen LogP contribution in [0.4, 0.5) is 0 Å². The van der Waals surface area contributed by atoms with Gasteiger partial charge >= 0.3 is 5.97 Å². The first-order valence-corrected chi connectivity index (χ1v) is 23.6. The predicted octanol–water partition coefficient (Wildman–Crippen LogP) is 7.83. The van der Waals surface area contributed by atoms with Gasteiger partial charge in [0.05, 0.1) is 42.3 Å². The number of benzene rings is 1. The number of hydrogen-bond donors (Lipinski definition) is 0. The fourth-order valence-corrected chi connectivity index (χ4v) is 11.7. The number of carbonyl (C=O) groups is 1. The van der Waals surface area contributed by atoms with Crippen molar-refractivity contribution < 1.29 is 28.2 Å². The summed E-state index contributed by atoms with van der Waals surface area (Å²) in [5.74, 6) is 2.35. The Morgan fingerprint density at radius 1 is 1.09 bits per heavy atom. The summed E-state index contributed by atoms with van der Waals surface area (Å²) in [6.45, 7) is 23.6. The first-order valence-electron chi connectivity index (χ1n) is 15.7. The maximum Gasteiger partial charge on any atom is 0.335 e. The van der Waals surface area contributed by atoms with Gasteiger partial charge in [-0.05, 0) is 61.1 Å². The number of rotatable bonds is 13. The summed E-state index contributed by atoms with van der Waals surface area (Å²) in [6, 6.07) is 10.4. The molecule has 3 rings (SSSR count). The molecule has 2 fully saturated rings. The van der Waals surface area contributed by atoms with E-state index < -0.39 is 16.4 Å². The molecule has 10 heteroatoms. The molecule has 44 heavy (non-hydrogen) atoms. The quantitative estimate of drug-likeness (QED) is 0.0688. The van der Waals surface area contributed by atoms with Crippen LogP contribution in [0.15, 0.2) is 65.6 Å². The van der Waals surface area contributed by atoms with Crippen molar-refractivity contribution in [1.82, 2.24) is 0 Å². The topological polar surface area (TPSA) is 63.2 Å². The van der Waals surface area contributed by atoms with Crippen LogP contribution in [0.2, 0.25) is 31.2 Å². The average Bonchev–Trinajstić information content (AvgIpc) is 2.98. The van der Waals surface area contributed by atoms with Gasteiger partial charge in [0.2, 0.25) is 8.32 Å². The molecule has 2 aliphatic heterocycles. The second kappa shape index (κ2) is 16.0. The standard InChI is InChI=1S/C34H54O6S2Si2/c1-26(27(2)40-44(9,10)33(3,4)5)22-30(34(41-20-15-21-42-34)23-31-37-18-14-19-38-31)39-24-28(32(35)36-6)25-43(7,8)29-16-12-11-13-17-29/h11-13,16-17,22,25,30-31H,2,14-15,18-21,23-24H2,1,3-10H3/b26-22+,28-25+. The minimum absolute atomic E-state index is 0.0493. The van der Waals surface area contributed by atoms with E-state index in [2.05, 4.69) is 77.4 Å². The molecule has 0 bridgehead atoms. The lowest BCUT2D eigenvalue weighted by molar-refractivity contribution is -0.184. The van der Waals surface area contributed by atoms with Crippen molar-refractivity contribution in [3.8, 4) is 0 Å². The second-order valence-electron chi connectivity index (χ2n) is 13.7. The van der Waals surface area contributed by atoms with Gasteiger partial charge in [-0.2, -0.15) is 0 Å². The molecule has 0 spiro atoms. The van der Waals surface area contributed by atoms with Crippen molar-refractivity contribution in [3.63, 3.8) is 0 Å². The molecule has 6 nitrogen and oxygen atoms in total. The molecule has 1 atom stereocenters. The Balaban J connectivity index is 2.00. The van der Waals surface area contributed by atoms with E-state index in [-0.39, 0.29) is 34.1 Å². The average molecular weight is 679 g/mol. The third-order valence-corrected chi connectivity index (χ3v) is 19.4.